The summed E-state index contributed by atoms with van der Waals surface area (Å²) in [5.74, 6) is 0.748. The molecular formula is C17H31N3O2. The van der Waals surface area contributed by atoms with Crippen molar-refractivity contribution in [3.8, 4) is 0 Å². The summed E-state index contributed by atoms with van der Waals surface area (Å²) in [6.45, 7) is 7.64. The maximum atomic E-state index is 12.9. The first-order valence-corrected chi connectivity index (χ1v) is 8.87. The fourth-order valence-corrected chi connectivity index (χ4v) is 3.47. The Bertz CT molecular complexity index is 372. The number of hydrogen-bond acceptors (Lipinski definition) is 3. The molecule has 2 rings (SSSR count). The summed E-state index contributed by atoms with van der Waals surface area (Å²) in [5, 5.41) is 6.39. The number of piperidine rings is 2. The first-order valence-electron chi connectivity index (χ1n) is 8.87. The zero-order valence-corrected chi connectivity index (χ0v) is 14.1. The van der Waals surface area contributed by atoms with Gasteiger partial charge in [0.15, 0.2) is 0 Å². The molecule has 0 saturated carbocycles. The van der Waals surface area contributed by atoms with E-state index in [0.29, 0.717) is 12.3 Å². The molecule has 0 radical (unpaired) electrons. The second-order valence-electron chi connectivity index (χ2n) is 7.12. The summed E-state index contributed by atoms with van der Waals surface area (Å²) in [6.07, 6.45) is 5.81. The fraction of sp³-hybridized carbons (Fsp3) is 0.882. The van der Waals surface area contributed by atoms with E-state index in [9.17, 15) is 9.59 Å². The molecule has 1 atom stereocenters. The Kier molecular flexibility index (Phi) is 6.68. The zero-order valence-electron chi connectivity index (χ0n) is 14.1. The van der Waals surface area contributed by atoms with Crippen molar-refractivity contribution in [2.45, 2.75) is 58.4 Å². The van der Waals surface area contributed by atoms with Crippen LogP contribution >= 0.6 is 0 Å². The Morgan fingerprint density at radius 2 is 1.77 bits per heavy atom. The van der Waals surface area contributed by atoms with E-state index in [2.05, 4.69) is 10.6 Å². The van der Waals surface area contributed by atoms with Crippen molar-refractivity contribution in [3.63, 3.8) is 0 Å². The predicted molar refractivity (Wildman–Crippen MR) is 87.4 cm³/mol. The summed E-state index contributed by atoms with van der Waals surface area (Å²) in [5.41, 5.74) is 0. The number of nitrogens with zero attached hydrogens (tertiary/aromatic N) is 1. The highest BCUT2D eigenvalue weighted by atomic mass is 16.2. The van der Waals surface area contributed by atoms with Crippen molar-refractivity contribution < 1.29 is 9.59 Å². The van der Waals surface area contributed by atoms with Gasteiger partial charge in [-0.3, -0.25) is 9.59 Å². The van der Waals surface area contributed by atoms with Gasteiger partial charge in [0.2, 0.25) is 11.8 Å². The molecule has 2 heterocycles. The van der Waals surface area contributed by atoms with Crippen molar-refractivity contribution in [3.05, 3.63) is 0 Å². The molecular weight excluding hydrogens is 278 g/mol. The van der Waals surface area contributed by atoms with Gasteiger partial charge in [-0.05, 0) is 57.0 Å². The summed E-state index contributed by atoms with van der Waals surface area (Å²) < 4.78 is 0. The summed E-state index contributed by atoms with van der Waals surface area (Å²) in [6, 6.07) is -0.327. The van der Waals surface area contributed by atoms with Crippen molar-refractivity contribution in [2.75, 3.05) is 26.2 Å². The summed E-state index contributed by atoms with van der Waals surface area (Å²) >= 11 is 0. The maximum absolute atomic E-state index is 12.9. The number of rotatable bonds is 5. The minimum atomic E-state index is -0.327. The standard InChI is InChI=1S/C17H31N3O2/c1-13(2)12-15(21)19-16(14-6-8-18-9-7-14)17(22)20-10-4-3-5-11-20/h13-14,16,18H,3-12H2,1-2H3,(H,19,21). The van der Waals surface area contributed by atoms with Gasteiger partial charge in [-0.15, -0.1) is 0 Å². The van der Waals surface area contributed by atoms with E-state index in [4.69, 9.17) is 0 Å². The van der Waals surface area contributed by atoms with Crippen molar-refractivity contribution >= 4 is 11.8 Å². The Balaban J connectivity index is 2.02. The van der Waals surface area contributed by atoms with Gasteiger partial charge in [-0.2, -0.15) is 0 Å². The molecule has 2 aliphatic heterocycles. The number of carbonyl (C=O) groups excluding carboxylic acids is 2. The lowest BCUT2D eigenvalue weighted by atomic mass is 9.88. The molecule has 0 aromatic rings. The van der Waals surface area contributed by atoms with E-state index in [1.807, 2.05) is 18.7 Å². The van der Waals surface area contributed by atoms with Crippen LogP contribution in [0, 0.1) is 11.8 Å². The van der Waals surface area contributed by atoms with Gasteiger partial charge < -0.3 is 15.5 Å². The lowest BCUT2D eigenvalue weighted by Gasteiger charge is -2.36. The monoisotopic (exact) mass is 309 g/mol. The summed E-state index contributed by atoms with van der Waals surface area (Å²) in [7, 11) is 0. The number of amides is 2. The molecule has 0 bridgehead atoms. The highest BCUT2D eigenvalue weighted by Crippen LogP contribution is 2.20. The Morgan fingerprint density at radius 3 is 2.36 bits per heavy atom. The smallest absolute Gasteiger partial charge is 0.245 e. The molecule has 126 valence electrons. The Hall–Kier alpha value is -1.10. The highest BCUT2D eigenvalue weighted by molar-refractivity contribution is 5.88. The third-order valence-electron chi connectivity index (χ3n) is 4.70. The molecule has 0 aliphatic carbocycles. The predicted octanol–water partition coefficient (Wildman–Crippen LogP) is 1.53. The number of likely N-dealkylation sites (tertiary alicyclic amines) is 1. The number of nitrogens with one attached hydrogen (secondary N) is 2. The van der Waals surface area contributed by atoms with E-state index in [1.54, 1.807) is 0 Å². The largest absolute Gasteiger partial charge is 0.344 e. The molecule has 2 fully saturated rings. The van der Waals surface area contributed by atoms with Crippen LogP contribution in [0.15, 0.2) is 0 Å². The molecule has 2 aliphatic rings. The van der Waals surface area contributed by atoms with Crippen molar-refractivity contribution in [2.24, 2.45) is 11.8 Å². The topological polar surface area (TPSA) is 61.4 Å². The minimum absolute atomic E-state index is 0.0175. The van der Waals surface area contributed by atoms with Crippen LogP contribution in [-0.4, -0.2) is 48.9 Å². The lowest BCUT2D eigenvalue weighted by Crippen LogP contribution is -2.55. The normalized spacial score (nSPS) is 21.7. The van der Waals surface area contributed by atoms with Gasteiger partial charge in [0.25, 0.3) is 0 Å². The second-order valence-corrected chi connectivity index (χ2v) is 7.12. The minimum Gasteiger partial charge on any atom is -0.344 e. The molecule has 0 aromatic heterocycles. The number of hydrogen-bond donors (Lipinski definition) is 2. The van der Waals surface area contributed by atoms with E-state index >= 15 is 0 Å². The molecule has 22 heavy (non-hydrogen) atoms. The third kappa shape index (κ3) is 4.97. The van der Waals surface area contributed by atoms with E-state index in [1.165, 1.54) is 6.42 Å². The van der Waals surface area contributed by atoms with Crippen LogP contribution in [-0.2, 0) is 9.59 Å². The molecule has 0 spiro atoms. The second kappa shape index (κ2) is 8.51. The van der Waals surface area contributed by atoms with Crippen LogP contribution in [0.2, 0.25) is 0 Å². The first kappa shape index (κ1) is 17.3. The summed E-state index contributed by atoms with van der Waals surface area (Å²) in [4.78, 5) is 27.1. The Labute approximate surface area is 134 Å². The van der Waals surface area contributed by atoms with Crippen molar-refractivity contribution in [1.82, 2.24) is 15.5 Å². The van der Waals surface area contributed by atoms with Crippen LogP contribution in [0.5, 0.6) is 0 Å². The number of carbonyl (C=O) groups is 2. The molecule has 2 amide bonds. The molecule has 5 heteroatoms. The van der Waals surface area contributed by atoms with Gasteiger partial charge in [0.1, 0.15) is 6.04 Å². The SMILES string of the molecule is CC(C)CC(=O)NC(C(=O)N1CCCCC1)C1CCNCC1. The van der Waals surface area contributed by atoms with E-state index in [-0.39, 0.29) is 23.8 Å². The van der Waals surface area contributed by atoms with E-state index in [0.717, 1.165) is 51.9 Å². The fourth-order valence-electron chi connectivity index (χ4n) is 3.47. The van der Waals surface area contributed by atoms with Crippen LogP contribution < -0.4 is 10.6 Å². The van der Waals surface area contributed by atoms with Crippen molar-refractivity contribution in [1.29, 1.82) is 0 Å². The van der Waals surface area contributed by atoms with Crippen LogP contribution in [0.25, 0.3) is 0 Å². The van der Waals surface area contributed by atoms with Gasteiger partial charge in [-0.1, -0.05) is 13.8 Å². The molecule has 0 aromatic carbocycles. The zero-order chi connectivity index (χ0) is 15.9. The van der Waals surface area contributed by atoms with Crippen LogP contribution in [0.1, 0.15) is 52.4 Å². The highest BCUT2D eigenvalue weighted by Gasteiger charge is 2.34. The van der Waals surface area contributed by atoms with Gasteiger partial charge >= 0.3 is 0 Å². The molecule has 2 N–H and O–H groups in total. The average molecular weight is 309 g/mol. The van der Waals surface area contributed by atoms with Gasteiger partial charge in [-0.25, -0.2) is 0 Å². The quantitative estimate of drug-likeness (QED) is 0.809. The van der Waals surface area contributed by atoms with Crippen LogP contribution in [0.3, 0.4) is 0 Å². The van der Waals surface area contributed by atoms with Crippen LogP contribution in [0.4, 0.5) is 0 Å². The lowest BCUT2D eigenvalue weighted by molar-refractivity contribution is -0.139. The molecule has 2 saturated heterocycles. The average Bonchev–Trinajstić information content (AvgIpc) is 2.53. The first-order chi connectivity index (χ1) is 10.6. The van der Waals surface area contributed by atoms with E-state index < -0.39 is 0 Å². The maximum Gasteiger partial charge on any atom is 0.245 e. The Morgan fingerprint density at radius 1 is 1.14 bits per heavy atom. The van der Waals surface area contributed by atoms with Gasteiger partial charge in [0, 0.05) is 19.5 Å². The molecule has 1 unspecified atom stereocenters. The third-order valence-corrected chi connectivity index (χ3v) is 4.70. The van der Waals surface area contributed by atoms with Gasteiger partial charge in [0.05, 0.1) is 0 Å². The molecule has 5 nitrogen and oxygen atoms in total.